The molecule has 0 radical (unpaired) electrons. The van der Waals surface area contributed by atoms with Gasteiger partial charge in [-0.05, 0) is 6.42 Å². The van der Waals surface area contributed by atoms with Gasteiger partial charge in [-0.3, -0.25) is 0 Å². The molecule has 0 atom stereocenters. The monoisotopic (exact) mass is 114 g/mol. The Hall–Kier alpha value is -0.590. The van der Waals surface area contributed by atoms with E-state index in [0.717, 1.165) is 13.0 Å². The van der Waals surface area contributed by atoms with Crippen LogP contribution in [0.1, 0.15) is 13.3 Å². The fourth-order valence-electron chi connectivity index (χ4n) is 0.321. The zero-order valence-electron chi connectivity index (χ0n) is 5.02. The maximum atomic E-state index is 9.51. The van der Waals surface area contributed by atoms with Gasteiger partial charge in [0.2, 0.25) is 0 Å². The molecule has 0 aliphatic heterocycles. The molecule has 0 aromatic heterocycles. The third-order valence-electron chi connectivity index (χ3n) is 0.633. The molecule has 2 nitrogen and oxygen atoms in total. The summed E-state index contributed by atoms with van der Waals surface area (Å²) in [5, 5.41) is 0. The molecule has 8 heavy (non-hydrogen) atoms. The summed E-state index contributed by atoms with van der Waals surface area (Å²) in [6, 6.07) is 0. The van der Waals surface area contributed by atoms with Crippen LogP contribution in [0.3, 0.4) is 0 Å². The third kappa shape index (κ3) is 5.41. The SMILES string of the molecule is CCCOCC=C=O. The van der Waals surface area contributed by atoms with Crippen LogP contribution in [0.4, 0.5) is 0 Å². The van der Waals surface area contributed by atoms with E-state index in [1.54, 1.807) is 5.94 Å². The van der Waals surface area contributed by atoms with Crippen molar-refractivity contribution in [3.63, 3.8) is 0 Å². The molecule has 0 saturated heterocycles. The van der Waals surface area contributed by atoms with E-state index in [0.29, 0.717) is 6.61 Å². The van der Waals surface area contributed by atoms with Crippen molar-refractivity contribution in [1.29, 1.82) is 0 Å². The summed E-state index contributed by atoms with van der Waals surface area (Å²) in [4.78, 5) is 9.51. The van der Waals surface area contributed by atoms with Crippen LogP contribution in [0.2, 0.25) is 0 Å². The number of carbonyl (C=O) groups excluding carboxylic acids is 1. The second-order valence-corrected chi connectivity index (χ2v) is 1.40. The minimum absolute atomic E-state index is 0.400. The van der Waals surface area contributed by atoms with Crippen molar-refractivity contribution in [2.24, 2.45) is 0 Å². The molecule has 0 N–H and O–H groups in total. The van der Waals surface area contributed by atoms with Gasteiger partial charge in [-0.15, -0.1) is 0 Å². The van der Waals surface area contributed by atoms with Crippen LogP contribution in [0.15, 0.2) is 6.08 Å². The van der Waals surface area contributed by atoms with Gasteiger partial charge in [-0.1, -0.05) is 6.92 Å². The van der Waals surface area contributed by atoms with Crippen molar-refractivity contribution in [2.75, 3.05) is 13.2 Å². The maximum Gasteiger partial charge on any atom is 0.122 e. The highest BCUT2D eigenvalue weighted by Crippen LogP contribution is 1.77. The summed E-state index contributed by atoms with van der Waals surface area (Å²) >= 11 is 0. The molecular formula is C6H10O2. The average Bonchev–Trinajstić information content (AvgIpc) is 1.81. The number of hydrogen-bond donors (Lipinski definition) is 0. The normalized spacial score (nSPS) is 8.12. The fraction of sp³-hybridized carbons (Fsp3) is 0.667. The molecule has 46 valence electrons. The second kappa shape index (κ2) is 6.41. The molecule has 2 heteroatoms. The van der Waals surface area contributed by atoms with Crippen molar-refractivity contribution in [1.82, 2.24) is 0 Å². The Bertz CT molecular complexity index is 82.5. The summed E-state index contributed by atoms with van der Waals surface area (Å²) < 4.78 is 4.91. The predicted molar refractivity (Wildman–Crippen MR) is 31.4 cm³/mol. The first-order chi connectivity index (χ1) is 3.91. The minimum Gasteiger partial charge on any atom is -0.377 e. The van der Waals surface area contributed by atoms with Crippen LogP contribution in [0, 0.1) is 0 Å². The molecular weight excluding hydrogens is 104 g/mol. The van der Waals surface area contributed by atoms with Gasteiger partial charge in [0.1, 0.15) is 5.94 Å². The maximum absolute atomic E-state index is 9.51. The van der Waals surface area contributed by atoms with Crippen LogP contribution in [0.25, 0.3) is 0 Å². The van der Waals surface area contributed by atoms with E-state index in [1.807, 2.05) is 6.92 Å². The molecule has 0 spiro atoms. The topological polar surface area (TPSA) is 26.3 Å². The van der Waals surface area contributed by atoms with Gasteiger partial charge in [0.25, 0.3) is 0 Å². The van der Waals surface area contributed by atoms with E-state index >= 15 is 0 Å². The largest absolute Gasteiger partial charge is 0.377 e. The first-order valence-electron chi connectivity index (χ1n) is 2.69. The Balaban J connectivity index is 2.82. The molecule has 0 unspecified atom stereocenters. The minimum atomic E-state index is 0.400. The predicted octanol–water partition coefficient (Wildman–Crippen LogP) is 0.801. The van der Waals surface area contributed by atoms with Gasteiger partial charge in [0, 0.05) is 12.7 Å². The van der Waals surface area contributed by atoms with E-state index in [1.165, 1.54) is 6.08 Å². The molecule has 0 saturated carbocycles. The van der Waals surface area contributed by atoms with E-state index in [4.69, 9.17) is 4.74 Å². The molecule has 0 aliphatic rings. The summed E-state index contributed by atoms with van der Waals surface area (Å²) in [5.41, 5.74) is 0. The lowest BCUT2D eigenvalue weighted by Crippen LogP contribution is -1.91. The quantitative estimate of drug-likeness (QED) is 0.399. The smallest absolute Gasteiger partial charge is 0.122 e. The molecule has 0 heterocycles. The average molecular weight is 114 g/mol. The standard InChI is InChI=1S/C6H10O2/c1-2-5-8-6-3-4-7/h3H,2,5-6H2,1H3. The molecule has 0 rings (SSSR count). The van der Waals surface area contributed by atoms with Gasteiger partial charge in [-0.2, -0.15) is 0 Å². The van der Waals surface area contributed by atoms with Crippen LogP contribution < -0.4 is 0 Å². The zero-order valence-corrected chi connectivity index (χ0v) is 5.02. The lowest BCUT2D eigenvalue weighted by Gasteiger charge is -1.92. The number of hydrogen-bond acceptors (Lipinski definition) is 2. The van der Waals surface area contributed by atoms with Crippen LogP contribution in [-0.2, 0) is 9.53 Å². The van der Waals surface area contributed by atoms with Crippen molar-refractivity contribution in [3.8, 4) is 0 Å². The summed E-state index contributed by atoms with van der Waals surface area (Å²) in [6.45, 7) is 3.14. The lowest BCUT2D eigenvalue weighted by atomic mass is 10.5. The second-order valence-electron chi connectivity index (χ2n) is 1.40. The van der Waals surface area contributed by atoms with Gasteiger partial charge >= 0.3 is 0 Å². The summed E-state index contributed by atoms with van der Waals surface area (Å²) in [5.74, 6) is 1.63. The van der Waals surface area contributed by atoms with E-state index in [-0.39, 0.29) is 0 Å². The Morgan fingerprint density at radius 1 is 1.75 bits per heavy atom. The van der Waals surface area contributed by atoms with Crippen molar-refractivity contribution >= 4 is 5.94 Å². The van der Waals surface area contributed by atoms with E-state index in [9.17, 15) is 4.79 Å². The van der Waals surface area contributed by atoms with Crippen molar-refractivity contribution in [3.05, 3.63) is 6.08 Å². The van der Waals surface area contributed by atoms with Gasteiger partial charge in [0.15, 0.2) is 0 Å². The Morgan fingerprint density at radius 2 is 2.50 bits per heavy atom. The highest BCUT2D eigenvalue weighted by Gasteiger charge is 1.77. The molecule has 0 fully saturated rings. The summed E-state index contributed by atoms with van der Waals surface area (Å²) in [6.07, 6.45) is 2.32. The zero-order chi connectivity index (χ0) is 6.24. The van der Waals surface area contributed by atoms with E-state index in [2.05, 4.69) is 0 Å². The van der Waals surface area contributed by atoms with Crippen LogP contribution in [0.5, 0.6) is 0 Å². The van der Waals surface area contributed by atoms with Gasteiger partial charge in [0.05, 0.1) is 6.61 Å². The molecule has 0 amide bonds. The molecule has 0 bridgehead atoms. The summed E-state index contributed by atoms with van der Waals surface area (Å²) in [7, 11) is 0. The van der Waals surface area contributed by atoms with Gasteiger partial charge in [-0.25, -0.2) is 4.79 Å². The number of rotatable bonds is 4. The molecule has 0 aromatic rings. The first kappa shape index (κ1) is 7.41. The number of ether oxygens (including phenoxy) is 1. The van der Waals surface area contributed by atoms with Gasteiger partial charge < -0.3 is 4.74 Å². The Labute approximate surface area is 49.1 Å². The van der Waals surface area contributed by atoms with E-state index < -0.39 is 0 Å². The third-order valence-corrected chi connectivity index (χ3v) is 0.633. The molecule has 0 aromatic carbocycles. The highest BCUT2D eigenvalue weighted by molar-refractivity contribution is 5.44. The molecule has 0 aliphatic carbocycles. The Kier molecular flexibility index (Phi) is 5.94. The fourth-order valence-corrected chi connectivity index (χ4v) is 0.321. The Morgan fingerprint density at radius 3 is 3.00 bits per heavy atom. The van der Waals surface area contributed by atoms with Crippen LogP contribution in [-0.4, -0.2) is 19.2 Å². The van der Waals surface area contributed by atoms with Crippen LogP contribution >= 0.6 is 0 Å². The van der Waals surface area contributed by atoms with Crippen molar-refractivity contribution in [2.45, 2.75) is 13.3 Å². The van der Waals surface area contributed by atoms with Crippen molar-refractivity contribution < 1.29 is 9.53 Å². The first-order valence-corrected chi connectivity index (χ1v) is 2.69. The highest BCUT2D eigenvalue weighted by atomic mass is 16.5. The lowest BCUT2D eigenvalue weighted by molar-refractivity contribution is 0.163.